The highest BCUT2D eigenvalue weighted by Gasteiger charge is 2.13. The predicted molar refractivity (Wildman–Crippen MR) is 63.1 cm³/mol. The van der Waals surface area contributed by atoms with Crippen molar-refractivity contribution in [3.05, 3.63) is 18.2 Å². The molecule has 0 saturated carbocycles. The molecule has 0 aromatic heterocycles. The molecule has 94 valence electrons. The van der Waals surface area contributed by atoms with Crippen LogP contribution in [-0.2, 0) is 14.8 Å². The third-order valence-corrected chi connectivity index (χ3v) is 3.02. The molecular weight excluding hydrogens is 246 g/mol. The first-order valence-electron chi connectivity index (χ1n) is 4.57. The van der Waals surface area contributed by atoms with Crippen molar-refractivity contribution < 1.29 is 18.3 Å². The van der Waals surface area contributed by atoms with Crippen molar-refractivity contribution in [2.24, 2.45) is 5.14 Å². The number of benzene rings is 1. The van der Waals surface area contributed by atoms with E-state index in [0.29, 0.717) is 5.69 Å². The zero-order chi connectivity index (χ0) is 13.2. The molecule has 1 aromatic carbocycles. The minimum atomic E-state index is -3.81. The summed E-state index contributed by atoms with van der Waals surface area (Å²) in [5, 5.41) is 13.6. The van der Waals surface area contributed by atoms with Crippen molar-refractivity contribution in [3.8, 4) is 0 Å². The van der Waals surface area contributed by atoms with Gasteiger partial charge in [0.05, 0.1) is 16.3 Å². The molecule has 0 spiro atoms. The quantitative estimate of drug-likeness (QED) is 0.622. The number of anilines is 2. The van der Waals surface area contributed by atoms with Gasteiger partial charge in [-0.15, -0.1) is 0 Å². The van der Waals surface area contributed by atoms with E-state index in [2.05, 4.69) is 0 Å². The van der Waals surface area contributed by atoms with Gasteiger partial charge in [0.15, 0.2) is 0 Å². The Balaban J connectivity index is 3.10. The van der Waals surface area contributed by atoms with E-state index in [0.717, 1.165) is 0 Å². The first kappa shape index (κ1) is 13.3. The fourth-order valence-corrected chi connectivity index (χ4v) is 1.89. The second kappa shape index (κ2) is 4.60. The molecule has 0 heterocycles. The Labute approximate surface area is 98.7 Å². The fourth-order valence-electron chi connectivity index (χ4n) is 1.35. The van der Waals surface area contributed by atoms with Crippen molar-refractivity contribution in [2.75, 3.05) is 24.2 Å². The Morgan fingerprint density at radius 2 is 2.06 bits per heavy atom. The van der Waals surface area contributed by atoms with Crippen molar-refractivity contribution in [3.63, 3.8) is 0 Å². The summed E-state index contributed by atoms with van der Waals surface area (Å²) in [5.74, 6) is -1.01. The van der Waals surface area contributed by atoms with Gasteiger partial charge in [-0.2, -0.15) is 0 Å². The Bertz CT molecular complexity index is 541. The summed E-state index contributed by atoms with van der Waals surface area (Å²) in [4.78, 5) is 11.8. The number of sulfonamides is 1. The van der Waals surface area contributed by atoms with Crippen molar-refractivity contribution in [1.29, 1.82) is 0 Å². The number of rotatable bonds is 4. The number of hydrogen-bond acceptors (Lipinski definition) is 5. The molecule has 8 heteroatoms. The average molecular weight is 259 g/mol. The molecule has 0 unspecified atom stereocenters. The molecule has 5 N–H and O–H groups in total. The van der Waals surface area contributed by atoms with Gasteiger partial charge in [0.25, 0.3) is 0 Å². The average Bonchev–Trinajstić information content (AvgIpc) is 2.14. The first-order valence-corrected chi connectivity index (χ1v) is 6.11. The van der Waals surface area contributed by atoms with E-state index in [-0.39, 0.29) is 17.1 Å². The van der Waals surface area contributed by atoms with Gasteiger partial charge >= 0.3 is 5.97 Å². The number of nitrogens with zero attached hydrogens (tertiary/aromatic N) is 1. The number of likely N-dealkylation sites (N-methyl/N-ethyl adjacent to an activating group) is 1. The number of primary sulfonamides is 1. The number of nitrogens with two attached hydrogens (primary N) is 2. The molecule has 0 amide bonds. The van der Waals surface area contributed by atoms with Gasteiger partial charge in [0, 0.05) is 7.05 Å². The van der Waals surface area contributed by atoms with E-state index in [1.165, 1.54) is 30.1 Å². The maximum absolute atomic E-state index is 11.1. The molecule has 0 aliphatic rings. The van der Waals surface area contributed by atoms with Crippen LogP contribution in [0.15, 0.2) is 23.1 Å². The van der Waals surface area contributed by atoms with Crippen LogP contribution in [0.1, 0.15) is 0 Å². The van der Waals surface area contributed by atoms with Gasteiger partial charge in [0.2, 0.25) is 10.0 Å². The zero-order valence-corrected chi connectivity index (χ0v) is 9.94. The minimum absolute atomic E-state index is 0.109. The Hall–Kier alpha value is -1.80. The number of hydrogen-bond donors (Lipinski definition) is 3. The highest BCUT2D eigenvalue weighted by Crippen LogP contribution is 2.24. The molecule has 17 heavy (non-hydrogen) atoms. The highest BCUT2D eigenvalue weighted by atomic mass is 32.2. The number of carbonyl (C=O) groups is 1. The monoisotopic (exact) mass is 259 g/mol. The Morgan fingerprint density at radius 3 is 2.47 bits per heavy atom. The second-order valence-corrected chi connectivity index (χ2v) is 5.08. The van der Waals surface area contributed by atoms with Gasteiger partial charge in [-0.1, -0.05) is 0 Å². The van der Waals surface area contributed by atoms with Crippen LogP contribution < -0.4 is 15.8 Å². The largest absolute Gasteiger partial charge is 0.480 e. The topological polar surface area (TPSA) is 127 Å². The lowest BCUT2D eigenvalue weighted by atomic mass is 10.2. The predicted octanol–water partition coefficient (Wildman–Crippen LogP) is -0.563. The lowest BCUT2D eigenvalue weighted by Crippen LogP contribution is -2.26. The number of carboxylic acids is 1. The van der Waals surface area contributed by atoms with E-state index >= 15 is 0 Å². The molecule has 0 aliphatic heterocycles. The molecule has 0 atom stereocenters. The highest BCUT2D eigenvalue weighted by molar-refractivity contribution is 7.89. The number of carboxylic acid groups (broad SMARTS) is 1. The Morgan fingerprint density at radius 1 is 1.47 bits per heavy atom. The van der Waals surface area contributed by atoms with Crippen molar-refractivity contribution in [1.82, 2.24) is 0 Å². The molecule has 1 aromatic rings. The van der Waals surface area contributed by atoms with E-state index in [1.807, 2.05) is 0 Å². The van der Waals surface area contributed by atoms with Crippen LogP contribution in [0.2, 0.25) is 0 Å². The van der Waals surface area contributed by atoms with Crippen molar-refractivity contribution >= 4 is 27.4 Å². The summed E-state index contributed by atoms with van der Waals surface area (Å²) in [6.07, 6.45) is 0. The summed E-state index contributed by atoms with van der Waals surface area (Å²) in [6.45, 7) is -0.237. The molecule has 0 fully saturated rings. The van der Waals surface area contributed by atoms with Crippen LogP contribution in [0.25, 0.3) is 0 Å². The standard InChI is InChI=1S/C9H13N3O4S/c1-12(5-9(13)14)8-3-2-6(4-7(8)10)17(11,15)16/h2-4H,5,10H2,1H3,(H,13,14)(H2,11,15,16). The summed E-state index contributed by atoms with van der Waals surface area (Å²) < 4.78 is 22.1. The lowest BCUT2D eigenvalue weighted by molar-refractivity contribution is -0.135. The summed E-state index contributed by atoms with van der Waals surface area (Å²) in [6, 6.07) is 3.89. The molecule has 1 rings (SSSR count). The lowest BCUT2D eigenvalue weighted by Gasteiger charge is -2.19. The van der Waals surface area contributed by atoms with E-state index in [4.69, 9.17) is 16.0 Å². The second-order valence-electron chi connectivity index (χ2n) is 3.52. The molecule has 7 nitrogen and oxygen atoms in total. The van der Waals surface area contributed by atoms with Gasteiger partial charge < -0.3 is 15.7 Å². The molecule has 0 saturated heterocycles. The van der Waals surface area contributed by atoms with Gasteiger partial charge in [-0.05, 0) is 18.2 Å². The van der Waals surface area contributed by atoms with E-state index < -0.39 is 16.0 Å². The van der Waals surface area contributed by atoms with Crippen LogP contribution in [0.4, 0.5) is 11.4 Å². The minimum Gasteiger partial charge on any atom is -0.480 e. The molecule has 0 radical (unpaired) electrons. The van der Waals surface area contributed by atoms with Crippen LogP contribution in [0.3, 0.4) is 0 Å². The van der Waals surface area contributed by atoms with Gasteiger partial charge in [0.1, 0.15) is 6.54 Å². The van der Waals surface area contributed by atoms with Crippen LogP contribution >= 0.6 is 0 Å². The van der Waals surface area contributed by atoms with E-state index in [1.54, 1.807) is 0 Å². The number of nitrogen functional groups attached to an aromatic ring is 1. The van der Waals surface area contributed by atoms with Gasteiger partial charge in [-0.3, -0.25) is 4.79 Å². The van der Waals surface area contributed by atoms with Crippen LogP contribution in [0.5, 0.6) is 0 Å². The molecule has 0 aliphatic carbocycles. The Kier molecular flexibility index (Phi) is 3.59. The van der Waals surface area contributed by atoms with Gasteiger partial charge in [-0.25, -0.2) is 13.6 Å². The third-order valence-electron chi connectivity index (χ3n) is 2.11. The SMILES string of the molecule is CN(CC(=O)O)c1ccc(S(N)(=O)=O)cc1N. The zero-order valence-electron chi connectivity index (χ0n) is 9.12. The maximum Gasteiger partial charge on any atom is 0.323 e. The first-order chi connectivity index (χ1) is 7.71. The molecular formula is C9H13N3O4S. The molecule has 0 bridgehead atoms. The van der Waals surface area contributed by atoms with Crippen molar-refractivity contribution in [2.45, 2.75) is 4.90 Å². The van der Waals surface area contributed by atoms with Crippen LogP contribution in [-0.4, -0.2) is 33.1 Å². The van der Waals surface area contributed by atoms with E-state index in [9.17, 15) is 13.2 Å². The maximum atomic E-state index is 11.1. The summed E-state index contributed by atoms with van der Waals surface area (Å²) in [7, 11) is -2.27. The fraction of sp³-hybridized carbons (Fsp3) is 0.222. The number of aliphatic carboxylic acids is 1. The smallest absolute Gasteiger partial charge is 0.323 e. The van der Waals surface area contributed by atoms with Crippen LogP contribution in [0, 0.1) is 0 Å². The summed E-state index contributed by atoms with van der Waals surface area (Å²) in [5.41, 5.74) is 6.22. The summed E-state index contributed by atoms with van der Waals surface area (Å²) >= 11 is 0. The normalized spacial score (nSPS) is 11.2. The third kappa shape index (κ3) is 3.33.